The number of rotatable bonds is 6. The van der Waals surface area contributed by atoms with Crippen LogP contribution < -0.4 is 10.1 Å². The van der Waals surface area contributed by atoms with Crippen LogP contribution in [0.5, 0.6) is 5.75 Å². The van der Waals surface area contributed by atoms with Gasteiger partial charge in [-0.15, -0.1) is 0 Å². The lowest BCUT2D eigenvalue weighted by molar-refractivity contribution is -0.00532. The number of hydrogen-bond acceptors (Lipinski definition) is 3. The van der Waals surface area contributed by atoms with Gasteiger partial charge in [0.2, 0.25) is 0 Å². The molecule has 0 aliphatic heterocycles. The normalized spacial score (nSPS) is 12.6. The monoisotopic (exact) mass is 251 g/mol. The number of ether oxygens (including phenoxy) is 1. The molecule has 0 spiro atoms. The third-order valence-electron chi connectivity index (χ3n) is 3.47. The molecule has 1 aromatic rings. The minimum Gasteiger partial charge on any atom is -0.494 e. The van der Waals surface area contributed by atoms with Crippen LogP contribution in [0.25, 0.3) is 0 Å². The topological polar surface area (TPSA) is 41.5 Å². The average Bonchev–Trinajstić information content (AvgIpc) is 2.26. The summed E-state index contributed by atoms with van der Waals surface area (Å²) in [6.45, 7) is 11.0. The first-order valence-electron chi connectivity index (χ1n) is 6.45. The molecule has 0 fully saturated rings. The molecule has 1 rings (SSSR count). The molecule has 1 aromatic carbocycles. The van der Waals surface area contributed by atoms with Gasteiger partial charge in [-0.1, -0.05) is 12.1 Å². The largest absolute Gasteiger partial charge is 0.494 e. The molecule has 0 aromatic heterocycles. The zero-order chi connectivity index (χ0) is 13.8. The maximum atomic E-state index is 10.1. The van der Waals surface area contributed by atoms with E-state index in [1.54, 1.807) is 0 Å². The zero-order valence-electron chi connectivity index (χ0n) is 12.1. The van der Waals surface area contributed by atoms with Crippen LogP contribution in [0.4, 0.5) is 0 Å². The Labute approximate surface area is 110 Å². The van der Waals surface area contributed by atoms with Gasteiger partial charge in [0.25, 0.3) is 0 Å². The van der Waals surface area contributed by atoms with Gasteiger partial charge >= 0.3 is 0 Å². The third-order valence-corrected chi connectivity index (χ3v) is 3.47. The standard InChI is InChI=1S/C15H25NO2/c1-6-18-13-9-7-8-12(10-13)11-16-14(2,3)15(4,5)17/h7-10,16-17H,6,11H2,1-5H3. The first-order chi connectivity index (χ1) is 8.26. The molecule has 18 heavy (non-hydrogen) atoms. The van der Waals surface area contributed by atoms with E-state index in [4.69, 9.17) is 4.74 Å². The predicted octanol–water partition coefficient (Wildman–Crippen LogP) is 2.72. The van der Waals surface area contributed by atoms with Gasteiger partial charge < -0.3 is 15.2 Å². The summed E-state index contributed by atoms with van der Waals surface area (Å²) in [7, 11) is 0. The fourth-order valence-corrected chi connectivity index (χ4v) is 1.45. The van der Waals surface area contributed by atoms with E-state index in [1.807, 2.05) is 52.8 Å². The van der Waals surface area contributed by atoms with Gasteiger partial charge in [-0.25, -0.2) is 0 Å². The first-order valence-corrected chi connectivity index (χ1v) is 6.45. The summed E-state index contributed by atoms with van der Waals surface area (Å²) in [6.07, 6.45) is 0. The van der Waals surface area contributed by atoms with Crippen molar-refractivity contribution in [1.82, 2.24) is 5.32 Å². The molecular formula is C15H25NO2. The average molecular weight is 251 g/mol. The van der Waals surface area contributed by atoms with E-state index >= 15 is 0 Å². The van der Waals surface area contributed by atoms with Crippen molar-refractivity contribution in [2.45, 2.75) is 52.3 Å². The van der Waals surface area contributed by atoms with Gasteiger partial charge in [0.15, 0.2) is 0 Å². The maximum absolute atomic E-state index is 10.1. The van der Waals surface area contributed by atoms with E-state index in [9.17, 15) is 5.11 Å². The van der Waals surface area contributed by atoms with Crippen molar-refractivity contribution in [2.75, 3.05) is 6.61 Å². The number of aliphatic hydroxyl groups is 1. The van der Waals surface area contributed by atoms with Crippen LogP contribution in [0.1, 0.15) is 40.2 Å². The van der Waals surface area contributed by atoms with Crippen LogP contribution in [0.3, 0.4) is 0 Å². The Hall–Kier alpha value is -1.06. The molecule has 3 heteroatoms. The van der Waals surface area contributed by atoms with Crippen LogP contribution in [-0.2, 0) is 6.54 Å². The van der Waals surface area contributed by atoms with Crippen molar-refractivity contribution in [3.63, 3.8) is 0 Å². The van der Waals surface area contributed by atoms with Crippen LogP contribution in [-0.4, -0.2) is 22.9 Å². The van der Waals surface area contributed by atoms with E-state index < -0.39 is 5.60 Å². The molecular weight excluding hydrogens is 226 g/mol. The van der Waals surface area contributed by atoms with Gasteiger partial charge in [-0.3, -0.25) is 0 Å². The molecule has 0 aliphatic carbocycles. The van der Waals surface area contributed by atoms with Crippen molar-refractivity contribution >= 4 is 0 Å². The molecule has 0 bridgehead atoms. The van der Waals surface area contributed by atoms with Gasteiger partial charge in [-0.2, -0.15) is 0 Å². The lowest BCUT2D eigenvalue weighted by Crippen LogP contribution is -2.55. The van der Waals surface area contributed by atoms with Crippen LogP contribution in [0.15, 0.2) is 24.3 Å². The van der Waals surface area contributed by atoms with E-state index in [0.717, 1.165) is 11.3 Å². The molecule has 0 atom stereocenters. The molecule has 0 saturated heterocycles. The fraction of sp³-hybridized carbons (Fsp3) is 0.600. The van der Waals surface area contributed by atoms with Gasteiger partial charge in [0.1, 0.15) is 5.75 Å². The molecule has 0 radical (unpaired) electrons. The summed E-state index contributed by atoms with van der Waals surface area (Å²) in [5.41, 5.74) is 0.0253. The Bertz CT molecular complexity index is 380. The van der Waals surface area contributed by atoms with Crippen molar-refractivity contribution in [3.8, 4) is 5.75 Å². The van der Waals surface area contributed by atoms with Gasteiger partial charge in [0.05, 0.1) is 12.2 Å². The van der Waals surface area contributed by atoms with Crippen molar-refractivity contribution in [3.05, 3.63) is 29.8 Å². The summed E-state index contributed by atoms with van der Waals surface area (Å²) in [6, 6.07) is 8.01. The predicted molar refractivity (Wildman–Crippen MR) is 74.8 cm³/mol. The fourth-order valence-electron chi connectivity index (χ4n) is 1.45. The van der Waals surface area contributed by atoms with Gasteiger partial charge in [-0.05, 0) is 52.3 Å². The number of benzene rings is 1. The molecule has 0 heterocycles. The van der Waals surface area contributed by atoms with Crippen molar-refractivity contribution in [1.29, 1.82) is 0 Å². The Morgan fingerprint density at radius 2 is 1.89 bits per heavy atom. The lowest BCUT2D eigenvalue weighted by Gasteiger charge is -2.38. The first kappa shape index (κ1) is 15.0. The van der Waals surface area contributed by atoms with Crippen molar-refractivity contribution < 1.29 is 9.84 Å². The smallest absolute Gasteiger partial charge is 0.119 e. The second-order valence-electron chi connectivity index (χ2n) is 5.62. The Kier molecular flexibility index (Phi) is 4.77. The molecule has 0 saturated carbocycles. The molecule has 3 nitrogen and oxygen atoms in total. The summed E-state index contributed by atoms with van der Waals surface area (Å²) in [4.78, 5) is 0. The highest BCUT2D eigenvalue weighted by Crippen LogP contribution is 2.21. The molecule has 0 amide bonds. The third kappa shape index (κ3) is 4.00. The number of hydrogen-bond donors (Lipinski definition) is 2. The highest BCUT2D eigenvalue weighted by Gasteiger charge is 2.34. The number of nitrogens with one attached hydrogen (secondary N) is 1. The Balaban J connectivity index is 2.66. The van der Waals surface area contributed by atoms with Crippen molar-refractivity contribution in [2.24, 2.45) is 0 Å². The Morgan fingerprint density at radius 3 is 2.44 bits per heavy atom. The lowest BCUT2D eigenvalue weighted by atomic mass is 9.86. The quantitative estimate of drug-likeness (QED) is 0.817. The van der Waals surface area contributed by atoms with Crippen LogP contribution in [0.2, 0.25) is 0 Å². The second kappa shape index (κ2) is 5.72. The van der Waals surface area contributed by atoms with E-state index in [0.29, 0.717) is 13.2 Å². The molecule has 0 unspecified atom stereocenters. The molecule has 102 valence electrons. The maximum Gasteiger partial charge on any atom is 0.119 e. The molecule has 0 aliphatic rings. The van der Waals surface area contributed by atoms with E-state index in [2.05, 4.69) is 11.4 Å². The Morgan fingerprint density at radius 1 is 1.22 bits per heavy atom. The minimum atomic E-state index is -0.773. The summed E-state index contributed by atoms with van der Waals surface area (Å²) < 4.78 is 5.47. The van der Waals surface area contributed by atoms with Gasteiger partial charge in [0, 0.05) is 12.1 Å². The minimum absolute atomic E-state index is 0.353. The summed E-state index contributed by atoms with van der Waals surface area (Å²) in [5.74, 6) is 0.887. The second-order valence-corrected chi connectivity index (χ2v) is 5.62. The zero-order valence-corrected chi connectivity index (χ0v) is 12.1. The highest BCUT2D eigenvalue weighted by atomic mass is 16.5. The highest BCUT2D eigenvalue weighted by molar-refractivity contribution is 5.28. The summed E-state index contributed by atoms with van der Waals surface area (Å²) >= 11 is 0. The van der Waals surface area contributed by atoms with Crippen LogP contribution >= 0.6 is 0 Å². The van der Waals surface area contributed by atoms with E-state index in [1.165, 1.54) is 0 Å². The SMILES string of the molecule is CCOc1cccc(CNC(C)(C)C(C)(C)O)c1. The molecule has 2 N–H and O–H groups in total. The van der Waals surface area contributed by atoms with E-state index in [-0.39, 0.29) is 5.54 Å². The summed E-state index contributed by atoms with van der Waals surface area (Å²) in [5, 5.41) is 13.5. The van der Waals surface area contributed by atoms with Crippen LogP contribution in [0, 0.1) is 0 Å².